The van der Waals surface area contributed by atoms with Crippen molar-refractivity contribution in [2.24, 2.45) is 0 Å². The molecule has 2 aromatic carbocycles. The second kappa shape index (κ2) is 7.27. The first-order valence-corrected chi connectivity index (χ1v) is 8.61. The summed E-state index contributed by atoms with van der Waals surface area (Å²) in [7, 11) is 1.88. The van der Waals surface area contributed by atoms with Gasteiger partial charge in [-0.1, -0.05) is 24.3 Å². The van der Waals surface area contributed by atoms with Crippen LogP contribution in [-0.4, -0.2) is 13.3 Å². The highest BCUT2D eigenvalue weighted by Gasteiger charge is 2.21. The molecule has 0 spiro atoms. The van der Waals surface area contributed by atoms with Gasteiger partial charge in [-0.05, 0) is 17.7 Å². The Balaban J connectivity index is 2.02. The number of nitrogen functional groups attached to an aromatic ring is 1. The van der Waals surface area contributed by atoms with E-state index in [1.54, 1.807) is 24.3 Å². The monoisotopic (exact) mass is 364 g/mol. The van der Waals surface area contributed by atoms with Gasteiger partial charge >= 0.3 is 0 Å². The molecule has 1 heterocycles. The van der Waals surface area contributed by atoms with E-state index in [-0.39, 0.29) is 5.75 Å². The van der Waals surface area contributed by atoms with Crippen molar-refractivity contribution in [3.63, 3.8) is 0 Å². The van der Waals surface area contributed by atoms with Crippen molar-refractivity contribution in [2.45, 2.75) is 0 Å². The first-order chi connectivity index (χ1) is 12.5. The summed E-state index contributed by atoms with van der Waals surface area (Å²) in [5, 5.41) is 22.7. The molecule has 3 rings (SSSR count). The molecule has 1 atom stereocenters. The number of quaternary nitrogens is 1. The summed E-state index contributed by atoms with van der Waals surface area (Å²) in [5.41, 5.74) is 11.9. The average Bonchev–Trinajstić information content (AvgIpc) is 2.99. The lowest BCUT2D eigenvalue weighted by Gasteiger charge is -2.14. The van der Waals surface area contributed by atoms with E-state index in [1.165, 1.54) is 23.5 Å². The van der Waals surface area contributed by atoms with Gasteiger partial charge < -0.3 is 10.8 Å². The predicted molar refractivity (Wildman–Crippen MR) is 100 cm³/mol. The molecule has 0 radical (unpaired) electrons. The van der Waals surface area contributed by atoms with E-state index in [1.807, 2.05) is 19.2 Å². The average molecular weight is 364 g/mol. The predicted octanol–water partition coefficient (Wildman–Crippen LogP) is 1.93. The number of benzene rings is 2. The number of nitriles is 1. The van der Waals surface area contributed by atoms with Gasteiger partial charge in [-0.25, -0.2) is 10.4 Å². The molecule has 0 amide bonds. The highest BCUT2D eigenvalue weighted by molar-refractivity contribution is 7.18. The Morgan fingerprint density at radius 3 is 2.62 bits per heavy atom. The van der Waals surface area contributed by atoms with Crippen LogP contribution in [0.4, 0.5) is 16.4 Å². The van der Waals surface area contributed by atoms with Gasteiger partial charge in [0.1, 0.15) is 6.07 Å². The fourth-order valence-electron chi connectivity index (χ4n) is 2.64. The first kappa shape index (κ1) is 17.5. The fraction of sp³-hybridized carbons (Fsp3) is 0.0526. The van der Waals surface area contributed by atoms with Crippen molar-refractivity contribution >= 4 is 34.0 Å². The number of hydrogen-bond acceptors (Lipinski definition) is 6. The maximum Gasteiger partial charge on any atom is 0.160 e. The minimum atomic E-state index is -0.173. The number of nitrogens with zero attached hydrogens (tertiary/aromatic N) is 1. The van der Waals surface area contributed by atoms with Crippen LogP contribution in [0.3, 0.4) is 0 Å². The Kier molecular flexibility index (Phi) is 4.89. The van der Waals surface area contributed by atoms with Gasteiger partial charge in [0.25, 0.3) is 0 Å². The SMILES string of the molecule is C[NH+](Nc1sc(C=O)c(-c2cccc([O-])c2)c1C#N)c1ccc(N)cc1. The molecule has 1 unspecified atom stereocenters. The van der Waals surface area contributed by atoms with Crippen molar-refractivity contribution in [3.8, 4) is 22.9 Å². The summed E-state index contributed by atoms with van der Waals surface area (Å²) in [6.07, 6.45) is 0.710. The van der Waals surface area contributed by atoms with Gasteiger partial charge in [0.2, 0.25) is 0 Å². The summed E-state index contributed by atoms with van der Waals surface area (Å²) >= 11 is 1.19. The van der Waals surface area contributed by atoms with E-state index in [0.29, 0.717) is 38.5 Å². The van der Waals surface area contributed by atoms with Crippen molar-refractivity contribution in [2.75, 3.05) is 18.2 Å². The Morgan fingerprint density at radius 2 is 2.00 bits per heavy atom. The van der Waals surface area contributed by atoms with Crippen LogP contribution in [0.2, 0.25) is 0 Å². The summed E-state index contributed by atoms with van der Waals surface area (Å²) in [5.74, 6) is -0.173. The molecule has 6 nitrogen and oxygen atoms in total. The molecule has 0 bridgehead atoms. The number of carbonyl (C=O) groups excluding carboxylic acids is 1. The highest BCUT2D eigenvalue weighted by atomic mass is 32.1. The van der Waals surface area contributed by atoms with Crippen LogP contribution in [0, 0.1) is 11.3 Å². The van der Waals surface area contributed by atoms with Crippen LogP contribution in [0.25, 0.3) is 11.1 Å². The second-order valence-corrected chi connectivity index (χ2v) is 6.73. The number of nitrogens with one attached hydrogen (secondary N) is 2. The summed E-state index contributed by atoms with van der Waals surface area (Å²) in [4.78, 5) is 11.9. The summed E-state index contributed by atoms with van der Waals surface area (Å²) < 4.78 is 0. The third-order valence-corrected chi connectivity index (χ3v) is 4.95. The molecule has 26 heavy (non-hydrogen) atoms. The molecule has 0 saturated carbocycles. The number of thiophene rings is 1. The number of hydrogen-bond donors (Lipinski definition) is 3. The highest BCUT2D eigenvalue weighted by Crippen LogP contribution is 2.39. The maximum absolute atomic E-state index is 11.7. The zero-order chi connectivity index (χ0) is 18.7. The summed E-state index contributed by atoms with van der Waals surface area (Å²) in [6.45, 7) is 0. The molecule has 0 aliphatic rings. The number of carbonyl (C=O) groups is 1. The third kappa shape index (κ3) is 3.37. The summed E-state index contributed by atoms with van der Waals surface area (Å²) in [6, 6.07) is 15.7. The molecule has 3 aromatic rings. The normalized spacial score (nSPS) is 11.5. The van der Waals surface area contributed by atoms with Gasteiger partial charge in [0.05, 0.1) is 17.5 Å². The van der Waals surface area contributed by atoms with Crippen molar-refractivity contribution in [3.05, 3.63) is 59.0 Å². The van der Waals surface area contributed by atoms with E-state index in [2.05, 4.69) is 11.5 Å². The zero-order valence-electron chi connectivity index (χ0n) is 13.9. The van der Waals surface area contributed by atoms with Gasteiger partial charge in [0.15, 0.2) is 17.0 Å². The molecule has 7 heteroatoms. The largest absolute Gasteiger partial charge is 0.872 e. The van der Waals surface area contributed by atoms with Gasteiger partial charge in [-0.2, -0.15) is 5.26 Å². The smallest absolute Gasteiger partial charge is 0.160 e. The van der Waals surface area contributed by atoms with Crippen LogP contribution >= 0.6 is 11.3 Å². The van der Waals surface area contributed by atoms with Gasteiger partial charge in [0, 0.05) is 23.4 Å². The minimum Gasteiger partial charge on any atom is -0.872 e. The lowest BCUT2D eigenvalue weighted by molar-refractivity contribution is -0.784. The van der Waals surface area contributed by atoms with Crippen LogP contribution in [0.5, 0.6) is 5.75 Å². The number of aldehydes is 1. The van der Waals surface area contributed by atoms with Gasteiger partial charge in [-0.15, -0.1) is 17.1 Å². The number of anilines is 2. The van der Waals surface area contributed by atoms with Crippen LogP contribution in [0.15, 0.2) is 48.5 Å². The molecule has 0 saturated heterocycles. The second-order valence-electron chi connectivity index (χ2n) is 5.67. The molecule has 1 aromatic heterocycles. The topological polar surface area (TPSA) is 106 Å². The van der Waals surface area contributed by atoms with Crippen molar-refractivity contribution in [1.29, 1.82) is 5.26 Å². The molecule has 0 aliphatic carbocycles. The molecule has 130 valence electrons. The molecular formula is C19H16N4O2S. The first-order valence-electron chi connectivity index (χ1n) is 7.79. The number of rotatable bonds is 5. The van der Waals surface area contributed by atoms with Crippen LogP contribution in [0.1, 0.15) is 15.2 Å². The zero-order valence-corrected chi connectivity index (χ0v) is 14.8. The van der Waals surface area contributed by atoms with E-state index in [4.69, 9.17) is 5.73 Å². The fourth-order valence-corrected chi connectivity index (χ4v) is 3.68. The van der Waals surface area contributed by atoms with E-state index in [9.17, 15) is 15.2 Å². The van der Waals surface area contributed by atoms with Crippen molar-refractivity contribution in [1.82, 2.24) is 0 Å². The molecule has 4 N–H and O–H groups in total. The maximum atomic E-state index is 11.7. The third-order valence-electron chi connectivity index (χ3n) is 3.92. The molecular weight excluding hydrogens is 348 g/mol. The van der Waals surface area contributed by atoms with Crippen LogP contribution < -0.4 is 21.3 Å². The number of nitrogens with two attached hydrogens (primary N) is 1. The van der Waals surface area contributed by atoms with Gasteiger partial charge in [-0.3, -0.25) is 4.79 Å². The quantitative estimate of drug-likeness (QED) is 0.364. The Hall–Kier alpha value is -3.34. The Morgan fingerprint density at radius 1 is 1.27 bits per heavy atom. The van der Waals surface area contributed by atoms with Crippen molar-refractivity contribution < 1.29 is 14.9 Å². The van der Waals surface area contributed by atoms with E-state index < -0.39 is 0 Å². The molecule has 0 fully saturated rings. The standard InChI is InChI=1S/C19H16N4O2S/c1-23(14-7-5-13(21)6-8-14)22-19-16(10-20)18(17(11-24)26-19)12-3-2-4-15(25)9-12/h2-9,11,22,25H,21H2,1H3. The lowest BCUT2D eigenvalue weighted by Crippen LogP contribution is -3.07. The minimum absolute atomic E-state index is 0.173. The molecule has 0 aliphatic heterocycles. The van der Waals surface area contributed by atoms with Crippen LogP contribution in [-0.2, 0) is 0 Å². The lowest BCUT2D eigenvalue weighted by atomic mass is 10.0. The Labute approximate surface area is 154 Å². The van der Waals surface area contributed by atoms with E-state index in [0.717, 1.165) is 10.7 Å². The van der Waals surface area contributed by atoms with E-state index >= 15 is 0 Å². The Bertz CT molecular complexity index is 990.